The number of piperazine rings is 1. The van der Waals surface area contributed by atoms with Gasteiger partial charge in [-0.05, 0) is 46.1 Å². The zero-order valence-electron chi connectivity index (χ0n) is 12.3. The second-order valence-electron chi connectivity index (χ2n) is 6.93. The maximum atomic E-state index is 9.37. The molecule has 0 spiro atoms. The number of likely N-dealkylation sites (N-methyl/N-ethyl adjacent to an activating group) is 1. The average Bonchev–Trinajstić information content (AvgIpc) is 2.32. The molecule has 0 bridgehead atoms. The molecular weight excluding hydrogens is 222 g/mol. The Morgan fingerprint density at radius 2 is 1.94 bits per heavy atom. The molecule has 0 radical (unpaired) electrons. The third kappa shape index (κ3) is 2.70. The fourth-order valence-electron chi connectivity index (χ4n) is 3.47. The summed E-state index contributed by atoms with van der Waals surface area (Å²) in [5, 5.41) is 9.37. The Hall–Kier alpha value is -0.590. The van der Waals surface area contributed by atoms with Crippen LogP contribution in [0.3, 0.4) is 0 Å². The van der Waals surface area contributed by atoms with Crippen LogP contribution in [0.15, 0.2) is 0 Å². The predicted octanol–water partition coefficient (Wildman–Crippen LogP) is 2.34. The van der Waals surface area contributed by atoms with Crippen LogP contribution in [-0.2, 0) is 0 Å². The lowest BCUT2D eigenvalue weighted by Gasteiger charge is -2.50. The van der Waals surface area contributed by atoms with Gasteiger partial charge in [0.05, 0.1) is 12.0 Å². The van der Waals surface area contributed by atoms with E-state index in [1.165, 1.54) is 12.8 Å². The van der Waals surface area contributed by atoms with Crippen LogP contribution in [0.4, 0.5) is 0 Å². The fraction of sp³-hybridized carbons (Fsp3) is 0.933. The molecule has 3 atom stereocenters. The predicted molar refractivity (Wildman–Crippen MR) is 74.2 cm³/mol. The van der Waals surface area contributed by atoms with Crippen LogP contribution in [0, 0.1) is 23.2 Å². The highest BCUT2D eigenvalue weighted by Crippen LogP contribution is 2.34. The fourth-order valence-corrected chi connectivity index (χ4v) is 3.47. The van der Waals surface area contributed by atoms with Crippen molar-refractivity contribution in [2.45, 2.75) is 51.6 Å². The minimum atomic E-state index is 0.235. The summed E-state index contributed by atoms with van der Waals surface area (Å²) in [6.45, 7) is 10.3. The van der Waals surface area contributed by atoms with Crippen LogP contribution in [0.25, 0.3) is 0 Å². The van der Waals surface area contributed by atoms with E-state index in [1.807, 2.05) is 0 Å². The van der Waals surface area contributed by atoms with E-state index < -0.39 is 0 Å². The summed E-state index contributed by atoms with van der Waals surface area (Å²) >= 11 is 0. The minimum absolute atomic E-state index is 0.235. The summed E-state index contributed by atoms with van der Waals surface area (Å²) in [5.41, 5.74) is 0.235. The highest BCUT2D eigenvalue weighted by Gasteiger charge is 2.39. The molecule has 0 aromatic carbocycles. The molecule has 3 heteroatoms. The van der Waals surface area contributed by atoms with Gasteiger partial charge in [-0.1, -0.05) is 6.92 Å². The third-order valence-corrected chi connectivity index (χ3v) is 5.06. The van der Waals surface area contributed by atoms with Gasteiger partial charge in [0.1, 0.15) is 0 Å². The van der Waals surface area contributed by atoms with E-state index in [4.69, 9.17) is 0 Å². The first kappa shape index (κ1) is 13.8. The number of hydrogen-bond acceptors (Lipinski definition) is 3. The van der Waals surface area contributed by atoms with Gasteiger partial charge in [-0.15, -0.1) is 0 Å². The zero-order valence-corrected chi connectivity index (χ0v) is 12.3. The molecule has 1 aliphatic heterocycles. The number of nitriles is 1. The SMILES string of the molecule is CC1CCC(C#N)C(N2CCN(C)C(C)(C)C2)C1. The van der Waals surface area contributed by atoms with Crippen LogP contribution in [0.2, 0.25) is 0 Å². The van der Waals surface area contributed by atoms with Gasteiger partial charge in [0.2, 0.25) is 0 Å². The molecule has 2 rings (SSSR count). The maximum absolute atomic E-state index is 9.37. The number of hydrogen-bond donors (Lipinski definition) is 0. The van der Waals surface area contributed by atoms with E-state index in [-0.39, 0.29) is 11.5 Å². The summed E-state index contributed by atoms with van der Waals surface area (Å²) in [6.07, 6.45) is 3.53. The van der Waals surface area contributed by atoms with Crippen molar-refractivity contribution in [3.05, 3.63) is 0 Å². The van der Waals surface area contributed by atoms with Gasteiger partial charge in [-0.2, -0.15) is 5.26 Å². The van der Waals surface area contributed by atoms with E-state index in [0.717, 1.165) is 32.0 Å². The molecule has 3 unspecified atom stereocenters. The molecule has 18 heavy (non-hydrogen) atoms. The van der Waals surface area contributed by atoms with E-state index in [9.17, 15) is 5.26 Å². The molecule has 3 nitrogen and oxygen atoms in total. The summed E-state index contributed by atoms with van der Waals surface area (Å²) in [5.74, 6) is 1.03. The Bertz CT molecular complexity index is 331. The van der Waals surface area contributed by atoms with Gasteiger partial charge in [-0.3, -0.25) is 9.80 Å². The lowest BCUT2D eigenvalue weighted by Crippen LogP contribution is -2.61. The molecule has 0 N–H and O–H groups in total. The van der Waals surface area contributed by atoms with Gasteiger partial charge in [-0.25, -0.2) is 0 Å². The zero-order chi connectivity index (χ0) is 13.3. The van der Waals surface area contributed by atoms with Crippen LogP contribution in [-0.4, -0.2) is 48.1 Å². The van der Waals surface area contributed by atoms with E-state index in [1.54, 1.807) is 0 Å². The van der Waals surface area contributed by atoms with Gasteiger partial charge < -0.3 is 0 Å². The van der Waals surface area contributed by atoms with Crippen molar-refractivity contribution in [1.82, 2.24) is 9.80 Å². The molecule has 1 heterocycles. The van der Waals surface area contributed by atoms with E-state index in [0.29, 0.717) is 6.04 Å². The van der Waals surface area contributed by atoms with Crippen molar-refractivity contribution in [2.75, 3.05) is 26.7 Å². The Morgan fingerprint density at radius 1 is 1.22 bits per heavy atom. The Balaban J connectivity index is 2.08. The monoisotopic (exact) mass is 249 g/mol. The lowest BCUT2D eigenvalue weighted by atomic mass is 9.78. The molecule has 0 amide bonds. The smallest absolute Gasteiger partial charge is 0.0672 e. The summed E-state index contributed by atoms with van der Waals surface area (Å²) in [6, 6.07) is 3.05. The van der Waals surface area contributed by atoms with Gasteiger partial charge in [0, 0.05) is 31.2 Å². The molecular formula is C15H27N3. The normalized spacial score (nSPS) is 38.3. The first-order valence-corrected chi connectivity index (χ1v) is 7.29. The Morgan fingerprint density at radius 3 is 2.56 bits per heavy atom. The second-order valence-corrected chi connectivity index (χ2v) is 6.93. The van der Waals surface area contributed by atoms with Crippen LogP contribution in [0.5, 0.6) is 0 Å². The van der Waals surface area contributed by atoms with Crippen LogP contribution in [0.1, 0.15) is 40.0 Å². The Kier molecular flexibility index (Phi) is 3.99. The molecule has 2 aliphatic rings. The highest BCUT2D eigenvalue weighted by molar-refractivity contribution is 5.00. The van der Waals surface area contributed by atoms with Crippen molar-refractivity contribution in [3.8, 4) is 6.07 Å². The molecule has 0 aromatic rings. The van der Waals surface area contributed by atoms with Gasteiger partial charge >= 0.3 is 0 Å². The number of nitrogens with zero attached hydrogens (tertiary/aromatic N) is 3. The second kappa shape index (κ2) is 5.19. The number of rotatable bonds is 1. The van der Waals surface area contributed by atoms with Crippen molar-refractivity contribution in [2.24, 2.45) is 11.8 Å². The molecule has 2 fully saturated rings. The average molecular weight is 249 g/mol. The standard InChI is InChI=1S/C15H27N3/c1-12-5-6-13(10-16)14(9-12)18-8-7-17(4)15(2,3)11-18/h12-14H,5-9,11H2,1-4H3. The first-order valence-electron chi connectivity index (χ1n) is 7.29. The molecule has 1 saturated heterocycles. The van der Waals surface area contributed by atoms with Gasteiger partial charge in [0.15, 0.2) is 0 Å². The third-order valence-electron chi connectivity index (χ3n) is 5.06. The van der Waals surface area contributed by atoms with Gasteiger partial charge in [0.25, 0.3) is 0 Å². The van der Waals surface area contributed by atoms with Crippen molar-refractivity contribution >= 4 is 0 Å². The molecule has 1 aliphatic carbocycles. The van der Waals surface area contributed by atoms with Crippen LogP contribution < -0.4 is 0 Å². The topological polar surface area (TPSA) is 30.3 Å². The molecule has 0 aromatic heterocycles. The molecule has 1 saturated carbocycles. The van der Waals surface area contributed by atoms with Crippen molar-refractivity contribution in [1.29, 1.82) is 5.26 Å². The molecule has 102 valence electrons. The van der Waals surface area contributed by atoms with Crippen molar-refractivity contribution in [3.63, 3.8) is 0 Å². The van der Waals surface area contributed by atoms with E-state index >= 15 is 0 Å². The summed E-state index contributed by atoms with van der Waals surface area (Å²) in [7, 11) is 2.21. The minimum Gasteiger partial charge on any atom is -0.299 e. The van der Waals surface area contributed by atoms with E-state index in [2.05, 4.69) is 43.7 Å². The Labute approximate surface area is 112 Å². The largest absolute Gasteiger partial charge is 0.299 e. The van der Waals surface area contributed by atoms with Crippen LogP contribution >= 0.6 is 0 Å². The summed E-state index contributed by atoms with van der Waals surface area (Å²) < 4.78 is 0. The quantitative estimate of drug-likeness (QED) is 0.714. The maximum Gasteiger partial charge on any atom is 0.0672 e. The summed E-state index contributed by atoms with van der Waals surface area (Å²) in [4.78, 5) is 5.03. The highest BCUT2D eigenvalue weighted by atomic mass is 15.3. The first-order chi connectivity index (χ1) is 8.44. The lowest BCUT2D eigenvalue weighted by molar-refractivity contribution is -0.00714. The van der Waals surface area contributed by atoms with Crippen molar-refractivity contribution < 1.29 is 0 Å².